The first-order valence-corrected chi connectivity index (χ1v) is 7.37. The van der Waals surface area contributed by atoms with Gasteiger partial charge in [-0.05, 0) is 44.2 Å². The van der Waals surface area contributed by atoms with Crippen LogP contribution in [0.15, 0.2) is 24.3 Å². The Morgan fingerprint density at radius 2 is 2.05 bits per heavy atom. The van der Waals surface area contributed by atoms with Crippen LogP contribution in [0.25, 0.3) is 0 Å². The van der Waals surface area contributed by atoms with Crippen molar-refractivity contribution in [2.24, 2.45) is 11.8 Å². The molecular formula is C16H25NO2. The van der Waals surface area contributed by atoms with Gasteiger partial charge in [0.25, 0.3) is 0 Å². The number of hydrogen-bond acceptors (Lipinski definition) is 3. The van der Waals surface area contributed by atoms with E-state index < -0.39 is 0 Å². The second-order valence-electron chi connectivity index (χ2n) is 5.31. The maximum atomic E-state index is 9.32. The molecule has 0 aromatic heterocycles. The molecule has 0 saturated heterocycles. The zero-order valence-corrected chi connectivity index (χ0v) is 11.8. The fraction of sp³-hybridized carbons (Fsp3) is 0.625. The minimum absolute atomic E-state index is 0.335. The van der Waals surface area contributed by atoms with Crippen molar-refractivity contribution in [3.05, 3.63) is 29.8 Å². The summed E-state index contributed by atoms with van der Waals surface area (Å²) in [5.41, 5.74) is 1.21. The summed E-state index contributed by atoms with van der Waals surface area (Å²) in [4.78, 5) is 0. The minimum atomic E-state index is 0.335. The molecule has 1 aromatic carbocycles. The van der Waals surface area contributed by atoms with Gasteiger partial charge in [-0.3, -0.25) is 0 Å². The quantitative estimate of drug-likeness (QED) is 0.794. The van der Waals surface area contributed by atoms with Gasteiger partial charge in [0.1, 0.15) is 5.75 Å². The normalized spacial score (nSPS) is 22.6. The van der Waals surface area contributed by atoms with Gasteiger partial charge in [0.15, 0.2) is 0 Å². The number of nitrogens with one attached hydrogen (secondary N) is 1. The smallest absolute Gasteiger partial charge is 0.123 e. The largest absolute Gasteiger partial charge is 0.494 e. The average Bonchev–Trinajstić information content (AvgIpc) is 2.88. The number of ether oxygens (including phenoxy) is 1. The molecule has 1 aromatic rings. The molecule has 1 aliphatic rings. The van der Waals surface area contributed by atoms with Crippen molar-refractivity contribution in [3.63, 3.8) is 0 Å². The van der Waals surface area contributed by atoms with Gasteiger partial charge in [-0.25, -0.2) is 0 Å². The Morgan fingerprint density at radius 3 is 2.84 bits per heavy atom. The van der Waals surface area contributed by atoms with E-state index in [0.29, 0.717) is 25.0 Å². The Bertz CT molecular complexity index is 381. The number of para-hydroxylation sites is 1. The average molecular weight is 263 g/mol. The summed E-state index contributed by atoms with van der Waals surface area (Å²) in [6, 6.07) is 8.18. The Hall–Kier alpha value is -1.06. The van der Waals surface area contributed by atoms with Crippen LogP contribution in [0.2, 0.25) is 0 Å². The lowest BCUT2D eigenvalue weighted by Gasteiger charge is -2.18. The molecule has 0 spiro atoms. The van der Waals surface area contributed by atoms with E-state index in [2.05, 4.69) is 11.4 Å². The standard InChI is InChI=1S/C16H25NO2/c1-2-19-16-9-4-3-6-14(16)11-17-10-13-7-5-8-15(13)12-18/h3-4,6,9,13,15,17-18H,2,5,7-8,10-12H2,1H3. The summed E-state index contributed by atoms with van der Waals surface area (Å²) in [6.45, 7) is 4.87. The van der Waals surface area contributed by atoms with Crippen molar-refractivity contribution in [1.82, 2.24) is 5.32 Å². The highest BCUT2D eigenvalue weighted by atomic mass is 16.5. The molecule has 1 aliphatic carbocycles. The molecule has 1 fully saturated rings. The van der Waals surface area contributed by atoms with Crippen molar-refractivity contribution in [1.29, 1.82) is 0 Å². The molecule has 19 heavy (non-hydrogen) atoms. The molecule has 0 heterocycles. The first-order chi connectivity index (χ1) is 9.35. The fourth-order valence-electron chi connectivity index (χ4n) is 2.96. The fourth-order valence-corrected chi connectivity index (χ4v) is 2.96. The van der Waals surface area contributed by atoms with Gasteiger partial charge >= 0.3 is 0 Å². The van der Waals surface area contributed by atoms with Crippen LogP contribution in [0, 0.1) is 11.8 Å². The van der Waals surface area contributed by atoms with E-state index in [4.69, 9.17) is 4.74 Å². The van der Waals surface area contributed by atoms with Gasteiger partial charge in [-0.1, -0.05) is 24.6 Å². The predicted molar refractivity (Wildman–Crippen MR) is 77.2 cm³/mol. The first kappa shape index (κ1) is 14.4. The highest BCUT2D eigenvalue weighted by molar-refractivity contribution is 5.33. The Kier molecular flexibility index (Phi) is 5.67. The van der Waals surface area contributed by atoms with Crippen molar-refractivity contribution in [3.8, 4) is 5.75 Å². The molecule has 2 N–H and O–H groups in total. The number of aliphatic hydroxyl groups is 1. The Balaban J connectivity index is 1.82. The van der Waals surface area contributed by atoms with E-state index >= 15 is 0 Å². The molecule has 0 amide bonds. The molecule has 1 saturated carbocycles. The summed E-state index contributed by atoms with van der Waals surface area (Å²) in [7, 11) is 0. The molecule has 0 radical (unpaired) electrons. The molecule has 2 rings (SSSR count). The van der Waals surface area contributed by atoms with Gasteiger partial charge in [0.05, 0.1) is 6.61 Å². The van der Waals surface area contributed by atoms with Crippen LogP contribution >= 0.6 is 0 Å². The van der Waals surface area contributed by atoms with E-state index in [1.54, 1.807) is 0 Å². The minimum Gasteiger partial charge on any atom is -0.494 e. The highest BCUT2D eigenvalue weighted by Gasteiger charge is 2.25. The van der Waals surface area contributed by atoms with Crippen LogP contribution in [0.3, 0.4) is 0 Å². The maximum Gasteiger partial charge on any atom is 0.123 e. The molecule has 3 heteroatoms. The van der Waals surface area contributed by atoms with Crippen molar-refractivity contribution >= 4 is 0 Å². The highest BCUT2D eigenvalue weighted by Crippen LogP contribution is 2.30. The second-order valence-corrected chi connectivity index (χ2v) is 5.31. The van der Waals surface area contributed by atoms with Crippen LogP contribution in [0.1, 0.15) is 31.7 Å². The van der Waals surface area contributed by atoms with E-state index in [1.165, 1.54) is 24.8 Å². The van der Waals surface area contributed by atoms with Gasteiger partial charge in [0.2, 0.25) is 0 Å². The van der Waals surface area contributed by atoms with E-state index in [-0.39, 0.29) is 0 Å². The second kappa shape index (κ2) is 7.51. The van der Waals surface area contributed by atoms with Crippen LogP contribution in [-0.4, -0.2) is 24.9 Å². The zero-order valence-electron chi connectivity index (χ0n) is 11.8. The van der Waals surface area contributed by atoms with Crippen molar-refractivity contribution in [2.45, 2.75) is 32.7 Å². The Labute approximate surface area is 116 Å². The van der Waals surface area contributed by atoms with Crippen LogP contribution in [0.5, 0.6) is 5.75 Å². The van der Waals surface area contributed by atoms with Crippen molar-refractivity contribution < 1.29 is 9.84 Å². The lowest BCUT2D eigenvalue weighted by Crippen LogP contribution is -2.26. The molecule has 3 nitrogen and oxygen atoms in total. The number of hydrogen-bond donors (Lipinski definition) is 2. The van der Waals surface area contributed by atoms with E-state index in [1.807, 2.05) is 25.1 Å². The van der Waals surface area contributed by atoms with E-state index in [0.717, 1.165) is 18.8 Å². The Morgan fingerprint density at radius 1 is 1.26 bits per heavy atom. The first-order valence-electron chi connectivity index (χ1n) is 7.37. The third-order valence-electron chi connectivity index (χ3n) is 4.05. The van der Waals surface area contributed by atoms with Gasteiger partial charge < -0.3 is 15.2 Å². The van der Waals surface area contributed by atoms with E-state index in [9.17, 15) is 5.11 Å². The summed E-state index contributed by atoms with van der Waals surface area (Å²) >= 11 is 0. The monoisotopic (exact) mass is 263 g/mol. The number of aliphatic hydroxyl groups excluding tert-OH is 1. The molecular weight excluding hydrogens is 238 g/mol. The summed E-state index contributed by atoms with van der Waals surface area (Å²) in [5.74, 6) is 2.10. The zero-order chi connectivity index (χ0) is 13.5. The molecule has 106 valence electrons. The third-order valence-corrected chi connectivity index (χ3v) is 4.05. The van der Waals surface area contributed by atoms with Crippen molar-refractivity contribution in [2.75, 3.05) is 19.8 Å². The number of rotatable bonds is 7. The molecule has 0 aliphatic heterocycles. The van der Waals surface area contributed by atoms with Gasteiger partial charge in [0, 0.05) is 18.7 Å². The van der Waals surface area contributed by atoms with Gasteiger partial charge in [-0.2, -0.15) is 0 Å². The summed E-state index contributed by atoms with van der Waals surface area (Å²) in [5, 5.41) is 12.8. The maximum absolute atomic E-state index is 9.32. The van der Waals surface area contributed by atoms with Gasteiger partial charge in [-0.15, -0.1) is 0 Å². The topological polar surface area (TPSA) is 41.5 Å². The van der Waals surface area contributed by atoms with Crippen LogP contribution < -0.4 is 10.1 Å². The van der Waals surface area contributed by atoms with Crippen LogP contribution in [0.4, 0.5) is 0 Å². The summed E-state index contributed by atoms with van der Waals surface area (Å²) in [6.07, 6.45) is 3.68. The molecule has 2 atom stereocenters. The molecule has 0 bridgehead atoms. The third kappa shape index (κ3) is 3.95. The molecule has 2 unspecified atom stereocenters. The number of benzene rings is 1. The summed E-state index contributed by atoms with van der Waals surface area (Å²) < 4.78 is 5.62. The lowest BCUT2D eigenvalue weighted by molar-refractivity contribution is 0.192. The predicted octanol–water partition coefficient (Wildman–Crippen LogP) is 2.58. The SMILES string of the molecule is CCOc1ccccc1CNCC1CCCC1CO. The lowest BCUT2D eigenvalue weighted by atomic mass is 9.97. The van der Waals surface area contributed by atoms with Crippen LogP contribution in [-0.2, 0) is 6.54 Å².